The van der Waals surface area contributed by atoms with Crippen LogP contribution in [0.25, 0.3) is 0 Å². The average molecular weight is 252 g/mol. The van der Waals surface area contributed by atoms with Crippen molar-refractivity contribution in [2.45, 2.75) is 45.8 Å². The van der Waals surface area contributed by atoms with Crippen LogP contribution in [0, 0.1) is 0 Å². The summed E-state index contributed by atoms with van der Waals surface area (Å²) < 4.78 is 10.9. The lowest BCUT2D eigenvalue weighted by atomic mass is 10.1. The molecule has 0 aliphatic rings. The van der Waals surface area contributed by atoms with E-state index in [4.69, 9.17) is 14.6 Å². The highest BCUT2D eigenvalue weighted by Gasteiger charge is 2.34. The molecular weight excluding hydrogens is 232 g/mol. The molecule has 0 saturated carbocycles. The molecule has 0 aromatic heterocycles. The molecule has 0 amide bonds. The van der Waals surface area contributed by atoms with Crippen molar-refractivity contribution in [2.24, 2.45) is 0 Å². The molecule has 0 heterocycles. The Kier molecular flexibility index (Phi) is 3.89. The first-order valence-electron chi connectivity index (χ1n) is 5.82. The van der Waals surface area contributed by atoms with E-state index in [2.05, 4.69) is 0 Å². The Morgan fingerprint density at radius 1 is 1.06 bits per heavy atom. The van der Waals surface area contributed by atoms with Gasteiger partial charge in [0.2, 0.25) is 0 Å². The number of ether oxygens (including phenoxy) is 2. The number of esters is 1. The molecule has 1 N–H and O–H groups in total. The van der Waals surface area contributed by atoms with Crippen LogP contribution in [-0.2, 0) is 9.53 Å². The van der Waals surface area contributed by atoms with Gasteiger partial charge >= 0.3 is 5.97 Å². The minimum absolute atomic E-state index is 0.150. The molecule has 0 aliphatic heterocycles. The SMILES string of the molecule is CC(C)(C)OC(=O)C(C)(C)Oc1ccc(O)cc1. The van der Waals surface area contributed by atoms with Crippen molar-refractivity contribution in [2.75, 3.05) is 0 Å². The normalized spacial score (nSPS) is 12.1. The molecular formula is C14H20O4. The van der Waals surface area contributed by atoms with E-state index < -0.39 is 17.2 Å². The second-order valence-corrected chi connectivity index (χ2v) is 5.61. The number of phenols is 1. The minimum atomic E-state index is -1.08. The lowest BCUT2D eigenvalue weighted by Gasteiger charge is -2.29. The van der Waals surface area contributed by atoms with Gasteiger partial charge in [0.15, 0.2) is 5.60 Å². The molecule has 1 aromatic rings. The molecule has 0 bridgehead atoms. The van der Waals surface area contributed by atoms with Gasteiger partial charge in [-0.2, -0.15) is 0 Å². The summed E-state index contributed by atoms with van der Waals surface area (Å²) in [5.41, 5.74) is -1.63. The molecule has 0 atom stereocenters. The predicted octanol–water partition coefficient (Wildman–Crippen LogP) is 2.89. The highest BCUT2D eigenvalue weighted by molar-refractivity contribution is 5.79. The van der Waals surface area contributed by atoms with Gasteiger partial charge < -0.3 is 14.6 Å². The Morgan fingerprint density at radius 3 is 2.00 bits per heavy atom. The van der Waals surface area contributed by atoms with E-state index in [0.29, 0.717) is 5.75 Å². The van der Waals surface area contributed by atoms with Crippen LogP contribution >= 0.6 is 0 Å². The number of rotatable bonds is 3. The number of phenolic OH excluding ortho intramolecular Hbond substituents is 1. The summed E-state index contributed by atoms with van der Waals surface area (Å²) >= 11 is 0. The zero-order valence-electron chi connectivity index (χ0n) is 11.5. The van der Waals surface area contributed by atoms with Gasteiger partial charge in [-0.1, -0.05) is 0 Å². The summed E-state index contributed by atoms with van der Waals surface area (Å²) in [5, 5.41) is 9.17. The Bertz CT molecular complexity index is 412. The Morgan fingerprint density at radius 2 is 1.56 bits per heavy atom. The van der Waals surface area contributed by atoms with Crippen molar-refractivity contribution in [1.82, 2.24) is 0 Å². The number of carbonyl (C=O) groups is 1. The summed E-state index contributed by atoms with van der Waals surface area (Å²) in [6.07, 6.45) is 0. The van der Waals surface area contributed by atoms with Crippen molar-refractivity contribution in [3.8, 4) is 11.5 Å². The molecule has 0 radical (unpaired) electrons. The summed E-state index contributed by atoms with van der Waals surface area (Å²) in [7, 11) is 0. The molecule has 4 nitrogen and oxygen atoms in total. The van der Waals surface area contributed by atoms with E-state index in [1.165, 1.54) is 12.1 Å². The monoisotopic (exact) mass is 252 g/mol. The fraction of sp³-hybridized carbons (Fsp3) is 0.500. The summed E-state index contributed by atoms with van der Waals surface area (Å²) in [6, 6.07) is 6.20. The van der Waals surface area contributed by atoms with Crippen LogP contribution in [0.3, 0.4) is 0 Å². The van der Waals surface area contributed by atoms with Crippen LogP contribution in [0.2, 0.25) is 0 Å². The fourth-order valence-corrected chi connectivity index (χ4v) is 1.25. The van der Waals surface area contributed by atoms with E-state index in [-0.39, 0.29) is 5.75 Å². The molecule has 0 fully saturated rings. The van der Waals surface area contributed by atoms with Gasteiger partial charge in [0.25, 0.3) is 0 Å². The first-order chi connectivity index (χ1) is 8.10. The van der Waals surface area contributed by atoms with Gasteiger partial charge in [0, 0.05) is 0 Å². The third kappa shape index (κ3) is 4.28. The van der Waals surface area contributed by atoms with Crippen molar-refractivity contribution in [3.63, 3.8) is 0 Å². The maximum absolute atomic E-state index is 12.0. The zero-order chi connectivity index (χ0) is 14.0. The van der Waals surface area contributed by atoms with Gasteiger partial charge in [-0.05, 0) is 58.9 Å². The molecule has 0 spiro atoms. The standard InChI is InChI=1S/C14H20O4/c1-13(2,3)18-12(16)14(4,5)17-11-8-6-10(15)7-9-11/h6-9,15H,1-5H3. The number of benzene rings is 1. The third-order valence-electron chi connectivity index (χ3n) is 2.10. The summed E-state index contributed by atoms with van der Waals surface area (Å²) in [5.74, 6) is 0.226. The molecule has 0 unspecified atom stereocenters. The summed E-state index contributed by atoms with van der Waals surface area (Å²) in [4.78, 5) is 12.0. The highest BCUT2D eigenvalue weighted by Crippen LogP contribution is 2.23. The van der Waals surface area contributed by atoms with Crippen molar-refractivity contribution in [3.05, 3.63) is 24.3 Å². The van der Waals surface area contributed by atoms with Crippen LogP contribution in [0.4, 0.5) is 0 Å². The average Bonchev–Trinajstić information content (AvgIpc) is 2.18. The number of carbonyl (C=O) groups excluding carboxylic acids is 1. The predicted molar refractivity (Wildman–Crippen MR) is 68.7 cm³/mol. The van der Waals surface area contributed by atoms with Crippen LogP contribution in [0.1, 0.15) is 34.6 Å². The maximum Gasteiger partial charge on any atom is 0.350 e. The largest absolute Gasteiger partial charge is 0.508 e. The van der Waals surface area contributed by atoms with Gasteiger partial charge in [-0.3, -0.25) is 0 Å². The summed E-state index contributed by atoms with van der Waals surface area (Å²) in [6.45, 7) is 8.71. The molecule has 1 aromatic carbocycles. The lowest BCUT2D eigenvalue weighted by Crippen LogP contribution is -2.43. The first-order valence-corrected chi connectivity index (χ1v) is 5.82. The highest BCUT2D eigenvalue weighted by atomic mass is 16.6. The lowest BCUT2D eigenvalue weighted by molar-refractivity contribution is -0.170. The van der Waals surface area contributed by atoms with E-state index in [9.17, 15) is 4.79 Å². The second-order valence-electron chi connectivity index (χ2n) is 5.61. The Labute approximate surface area is 108 Å². The molecule has 0 aliphatic carbocycles. The van der Waals surface area contributed by atoms with Gasteiger partial charge in [-0.25, -0.2) is 4.79 Å². The molecule has 100 valence electrons. The van der Waals surface area contributed by atoms with Crippen LogP contribution in [0.15, 0.2) is 24.3 Å². The number of hydrogen-bond acceptors (Lipinski definition) is 4. The van der Waals surface area contributed by atoms with Crippen LogP contribution in [-0.4, -0.2) is 22.3 Å². The fourth-order valence-electron chi connectivity index (χ4n) is 1.25. The van der Waals surface area contributed by atoms with E-state index in [1.54, 1.807) is 26.0 Å². The van der Waals surface area contributed by atoms with Crippen molar-refractivity contribution >= 4 is 5.97 Å². The van der Waals surface area contributed by atoms with Gasteiger partial charge in [0.05, 0.1) is 0 Å². The van der Waals surface area contributed by atoms with E-state index in [1.807, 2.05) is 20.8 Å². The quantitative estimate of drug-likeness (QED) is 0.840. The van der Waals surface area contributed by atoms with Crippen LogP contribution in [0.5, 0.6) is 11.5 Å². The molecule has 4 heteroatoms. The Balaban J connectivity index is 2.75. The van der Waals surface area contributed by atoms with Gasteiger partial charge in [0.1, 0.15) is 17.1 Å². The van der Waals surface area contributed by atoms with Gasteiger partial charge in [-0.15, -0.1) is 0 Å². The first kappa shape index (κ1) is 14.4. The minimum Gasteiger partial charge on any atom is -0.508 e. The smallest absolute Gasteiger partial charge is 0.350 e. The number of hydrogen-bond donors (Lipinski definition) is 1. The third-order valence-corrected chi connectivity index (χ3v) is 2.10. The maximum atomic E-state index is 12.0. The second kappa shape index (κ2) is 4.88. The van der Waals surface area contributed by atoms with Crippen molar-refractivity contribution < 1.29 is 19.4 Å². The van der Waals surface area contributed by atoms with Crippen molar-refractivity contribution in [1.29, 1.82) is 0 Å². The number of aromatic hydroxyl groups is 1. The van der Waals surface area contributed by atoms with E-state index in [0.717, 1.165) is 0 Å². The molecule has 1 rings (SSSR count). The topological polar surface area (TPSA) is 55.8 Å². The molecule has 0 saturated heterocycles. The van der Waals surface area contributed by atoms with Crippen LogP contribution < -0.4 is 4.74 Å². The van der Waals surface area contributed by atoms with E-state index >= 15 is 0 Å². The zero-order valence-corrected chi connectivity index (χ0v) is 11.5. The molecule has 18 heavy (non-hydrogen) atoms. The Hall–Kier alpha value is -1.71.